The van der Waals surface area contributed by atoms with Gasteiger partial charge in [-0.1, -0.05) is 18.2 Å². The summed E-state index contributed by atoms with van der Waals surface area (Å²) in [5.41, 5.74) is 1.48. The van der Waals surface area contributed by atoms with Gasteiger partial charge >= 0.3 is 23.9 Å². The van der Waals surface area contributed by atoms with Gasteiger partial charge in [-0.15, -0.1) is 22.7 Å². The molecule has 10 atom stereocenters. The first-order valence-electron chi connectivity index (χ1n) is 21.4. The number of hydrogen-bond donors (Lipinski definition) is 4. The average Bonchev–Trinajstić information content (AvgIpc) is 4.02. The number of benzene rings is 2. The molecule has 23 heteroatoms. The molecule has 2 aliphatic rings. The molecule has 2 saturated heterocycles. The molecule has 4 N–H and O–H groups in total. The van der Waals surface area contributed by atoms with Crippen LogP contribution in [0.25, 0.3) is 6.08 Å². The van der Waals surface area contributed by atoms with E-state index in [1.54, 1.807) is 73.5 Å². The summed E-state index contributed by atoms with van der Waals surface area (Å²) < 4.78 is 53.4. The molecule has 2 aromatic carbocycles. The third-order valence-electron chi connectivity index (χ3n) is 9.88. The fraction of sp³-hybridized carbons (Fsp3) is 0.396. The van der Waals surface area contributed by atoms with Gasteiger partial charge in [0.25, 0.3) is 0 Å². The fourth-order valence-electron chi connectivity index (χ4n) is 6.56. The van der Waals surface area contributed by atoms with E-state index in [0.29, 0.717) is 11.3 Å². The quantitative estimate of drug-likeness (QED) is 0.0385. The predicted octanol–water partition coefficient (Wildman–Crippen LogP) is 3.75. The smallest absolute Gasteiger partial charge is 0.303 e. The maximum Gasteiger partial charge on any atom is 0.303 e. The Morgan fingerprint density at radius 2 is 1.08 bits per heavy atom. The standard InChI is InChI=1S/C20H24O11S.C20H22O8S.C8H8O2/c1-9(21)19-14(6-7-32-19)30-20-18(29-13(5)25)17(28-12(4)24)16(27-11(3)23)15(31-20)8-26-10(2)22;1-26-12-5-2-11(3-6-12)4-7-13(22)19-14(8-9-29-19)27-20-18(25)17(24)16(23)15(10-21)28-20;1-10-8-4-2-7(6-9)3-5-8/h6-7,15-18,20H,8H2,1-5H3;2-9,15-18,20-21,23-25H,10H2,1H3;2-6H,1H3/b;7-4+;. The number of aliphatic hydroxyl groups excluding tert-OH is 4. The maximum absolute atomic E-state index is 12.6. The van der Waals surface area contributed by atoms with E-state index in [2.05, 4.69) is 0 Å². The second-order valence-electron chi connectivity index (χ2n) is 15.1. The Morgan fingerprint density at radius 3 is 1.59 bits per heavy atom. The minimum absolute atomic E-state index is 0.156. The fourth-order valence-corrected chi connectivity index (χ4v) is 8.03. The van der Waals surface area contributed by atoms with E-state index in [-0.39, 0.29) is 39.4 Å². The number of allylic oxidation sites excluding steroid dienone is 1. The first kappa shape index (κ1) is 57.0. The number of aliphatic hydroxyl groups is 4. The number of methoxy groups -OCH3 is 2. The van der Waals surface area contributed by atoms with Gasteiger partial charge in [0.05, 0.1) is 20.8 Å². The van der Waals surface area contributed by atoms with Crippen molar-refractivity contribution < 1.29 is 101 Å². The number of ketones is 2. The molecule has 2 fully saturated rings. The SMILES string of the molecule is CC(=O)OCC1OC(Oc2ccsc2C(C)=O)C(OC(C)=O)C(OC(C)=O)C1OC(C)=O.COc1ccc(/C=C/C(=O)c2sccc2OC2OC(CO)C(O)C(O)C2O)cc1.COc1ccc(C=O)cc1. The van der Waals surface area contributed by atoms with Crippen LogP contribution in [-0.2, 0) is 47.6 Å². The van der Waals surface area contributed by atoms with Crippen molar-refractivity contribution >= 4 is 70.5 Å². The molecule has 4 heterocycles. The summed E-state index contributed by atoms with van der Waals surface area (Å²) >= 11 is 2.29. The Hall–Kier alpha value is -6.57. The molecular weight excluding hydrogens is 977 g/mol. The van der Waals surface area contributed by atoms with Gasteiger partial charge in [0.1, 0.15) is 76.2 Å². The van der Waals surface area contributed by atoms with Crippen LogP contribution in [0.5, 0.6) is 23.0 Å². The van der Waals surface area contributed by atoms with Crippen molar-refractivity contribution in [2.45, 2.75) is 96.0 Å². The summed E-state index contributed by atoms with van der Waals surface area (Å²) in [5, 5.41) is 42.3. The number of ether oxygens (including phenoxy) is 10. The van der Waals surface area contributed by atoms with Crippen molar-refractivity contribution in [1.82, 2.24) is 0 Å². The van der Waals surface area contributed by atoms with E-state index in [4.69, 9.17) is 47.4 Å². The summed E-state index contributed by atoms with van der Waals surface area (Å²) in [4.78, 5) is 81.8. The summed E-state index contributed by atoms with van der Waals surface area (Å²) in [6.07, 6.45) is -9.69. The molecule has 0 saturated carbocycles. The molecule has 0 aliphatic carbocycles. The van der Waals surface area contributed by atoms with Gasteiger partial charge in [-0.25, -0.2) is 0 Å². The topological polar surface area (TPSA) is 293 Å². The molecule has 6 rings (SSSR count). The third-order valence-corrected chi connectivity index (χ3v) is 11.8. The number of Topliss-reactive ketones (excluding diaryl/α,β-unsaturated/α-hetero) is 1. The zero-order valence-corrected chi connectivity index (χ0v) is 41.0. The molecule has 0 bridgehead atoms. The van der Waals surface area contributed by atoms with Crippen molar-refractivity contribution in [1.29, 1.82) is 0 Å². The van der Waals surface area contributed by atoms with Crippen LogP contribution in [0.3, 0.4) is 0 Å². The van der Waals surface area contributed by atoms with Crippen LogP contribution in [-0.4, -0.2) is 151 Å². The number of aldehydes is 1. The van der Waals surface area contributed by atoms with Crippen LogP contribution in [0, 0.1) is 0 Å². The van der Waals surface area contributed by atoms with Crippen molar-refractivity contribution in [3.8, 4) is 23.0 Å². The van der Waals surface area contributed by atoms with Crippen LogP contribution in [0.4, 0.5) is 0 Å². The van der Waals surface area contributed by atoms with E-state index < -0.39 is 91.9 Å². The maximum atomic E-state index is 12.6. The number of hydrogen-bond acceptors (Lipinski definition) is 23. The number of thiophene rings is 2. The average molecular weight is 1030 g/mol. The highest BCUT2D eigenvalue weighted by Gasteiger charge is 2.53. The first-order chi connectivity index (χ1) is 33.8. The molecule has 4 aromatic rings. The lowest BCUT2D eigenvalue weighted by atomic mass is 9.98. The minimum Gasteiger partial charge on any atom is -0.497 e. The predicted molar refractivity (Wildman–Crippen MR) is 250 cm³/mol. The lowest BCUT2D eigenvalue weighted by molar-refractivity contribution is -0.288. The van der Waals surface area contributed by atoms with E-state index >= 15 is 0 Å². The molecule has 2 aromatic heterocycles. The normalized spacial score (nSPS) is 23.5. The Balaban J connectivity index is 0.000000259. The highest BCUT2D eigenvalue weighted by molar-refractivity contribution is 7.12. The second kappa shape index (κ2) is 27.7. The van der Waals surface area contributed by atoms with Crippen LogP contribution in [0.15, 0.2) is 77.5 Å². The Morgan fingerprint density at radius 1 is 0.592 bits per heavy atom. The molecule has 71 heavy (non-hydrogen) atoms. The molecule has 21 nitrogen and oxygen atoms in total. The molecule has 10 unspecified atom stereocenters. The van der Waals surface area contributed by atoms with Gasteiger partial charge in [0.2, 0.25) is 18.7 Å². The van der Waals surface area contributed by atoms with Gasteiger partial charge in [0, 0.05) is 40.2 Å². The summed E-state index contributed by atoms with van der Waals surface area (Å²) in [5.74, 6) is -1.63. The van der Waals surface area contributed by atoms with Gasteiger partial charge in [-0.05, 0) is 70.9 Å². The lowest BCUT2D eigenvalue weighted by Gasteiger charge is -2.43. The number of esters is 4. The molecular formula is C48H54O21S2. The van der Waals surface area contributed by atoms with Crippen LogP contribution >= 0.6 is 22.7 Å². The second-order valence-corrected chi connectivity index (χ2v) is 17.0. The highest BCUT2D eigenvalue weighted by atomic mass is 32.1. The molecule has 384 valence electrons. The summed E-state index contributed by atoms with van der Waals surface area (Å²) in [7, 11) is 3.16. The van der Waals surface area contributed by atoms with Crippen LogP contribution in [0.2, 0.25) is 0 Å². The number of carbonyl (C=O) groups excluding carboxylic acids is 7. The largest absolute Gasteiger partial charge is 0.497 e. The van der Waals surface area contributed by atoms with Crippen molar-refractivity contribution in [3.63, 3.8) is 0 Å². The number of rotatable bonds is 17. The van der Waals surface area contributed by atoms with E-state index in [0.717, 1.165) is 61.0 Å². The molecule has 2 aliphatic heterocycles. The van der Waals surface area contributed by atoms with E-state index in [1.807, 2.05) is 12.1 Å². The zero-order valence-electron chi connectivity index (χ0n) is 39.4. The van der Waals surface area contributed by atoms with Crippen LogP contribution in [0.1, 0.15) is 69.9 Å². The third kappa shape index (κ3) is 16.8. The number of carbonyl (C=O) groups is 7. The van der Waals surface area contributed by atoms with Crippen molar-refractivity contribution in [2.75, 3.05) is 27.4 Å². The van der Waals surface area contributed by atoms with Crippen molar-refractivity contribution in [2.24, 2.45) is 0 Å². The van der Waals surface area contributed by atoms with E-state index in [9.17, 15) is 54.0 Å². The summed E-state index contributed by atoms with van der Waals surface area (Å²) in [6.45, 7) is 4.96. The zero-order chi connectivity index (χ0) is 52.4. The van der Waals surface area contributed by atoms with Gasteiger partial charge in [-0.2, -0.15) is 0 Å². The minimum atomic E-state index is -1.56. The molecule has 0 spiro atoms. The van der Waals surface area contributed by atoms with Crippen LogP contribution < -0.4 is 18.9 Å². The Kier molecular flexibility index (Phi) is 22.3. The summed E-state index contributed by atoms with van der Waals surface area (Å²) in [6, 6.07) is 17.2. The first-order valence-corrected chi connectivity index (χ1v) is 23.1. The monoisotopic (exact) mass is 1030 g/mol. The highest BCUT2D eigenvalue weighted by Crippen LogP contribution is 2.34. The Labute approximate surface area is 415 Å². The van der Waals surface area contributed by atoms with E-state index in [1.165, 1.54) is 26.0 Å². The van der Waals surface area contributed by atoms with Gasteiger partial charge in [-0.3, -0.25) is 33.6 Å². The Bertz CT molecular complexity index is 2430. The van der Waals surface area contributed by atoms with Crippen molar-refractivity contribution in [3.05, 3.63) is 98.4 Å². The molecule has 0 amide bonds. The lowest BCUT2D eigenvalue weighted by Crippen LogP contribution is -2.63. The molecule has 0 radical (unpaired) electrons. The van der Waals surface area contributed by atoms with Gasteiger partial charge < -0.3 is 67.8 Å². The van der Waals surface area contributed by atoms with Gasteiger partial charge in [0.15, 0.2) is 23.8 Å².